The summed E-state index contributed by atoms with van der Waals surface area (Å²) in [6.45, 7) is 1.53. The lowest BCUT2D eigenvalue weighted by Gasteiger charge is -2.22. The second-order valence-corrected chi connectivity index (χ2v) is 8.77. The minimum absolute atomic E-state index is 0.0874. The van der Waals surface area contributed by atoms with Crippen molar-refractivity contribution in [3.05, 3.63) is 56.6 Å². The molecule has 0 fully saturated rings. The first-order valence-electron chi connectivity index (χ1n) is 7.59. The standard InChI is InChI=1S/C16H17Cl2N2O6P/c1-10(27(23,24-2)25-3)19-14-9-12(5-6-15(14)20(21)22)26-16-7-4-11(17)8-13(16)18/h4-10,19H,1-3H3. The maximum absolute atomic E-state index is 12.5. The van der Waals surface area contributed by atoms with Gasteiger partial charge in [-0.1, -0.05) is 23.2 Å². The Hall–Kier alpha value is -1.83. The summed E-state index contributed by atoms with van der Waals surface area (Å²) in [6, 6.07) is 8.77. The Morgan fingerprint density at radius 3 is 2.37 bits per heavy atom. The molecule has 2 aromatic rings. The lowest BCUT2D eigenvalue weighted by molar-refractivity contribution is -0.384. The van der Waals surface area contributed by atoms with Crippen molar-refractivity contribution in [2.24, 2.45) is 0 Å². The largest absolute Gasteiger partial charge is 0.456 e. The highest BCUT2D eigenvalue weighted by atomic mass is 35.5. The molecule has 8 nitrogen and oxygen atoms in total. The van der Waals surface area contributed by atoms with Crippen molar-refractivity contribution in [2.45, 2.75) is 12.7 Å². The highest BCUT2D eigenvalue weighted by Gasteiger charge is 2.31. The topological polar surface area (TPSA) is 99.9 Å². The number of anilines is 1. The van der Waals surface area contributed by atoms with E-state index < -0.39 is 18.3 Å². The van der Waals surface area contributed by atoms with E-state index in [9.17, 15) is 14.7 Å². The van der Waals surface area contributed by atoms with Crippen LogP contribution >= 0.6 is 30.8 Å². The molecule has 0 aromatic heterocycles. The number of nitro groups is 1. The molecule has 1 N–H and O–H groups in total. The van der Waals surface area contributed by atoms with Crippen molar-refractivity contribution in [1.82, 2.24) is 0 Å². The van der Waals surface area contributed by atoms with E-state index >= 15 is 0 Å². The van der Waals surface area contributed by atoms with Gasteiger partial charge in [-0.2, -0.15) is 0 Å². The maximum atomic E-state index is 12.5. The number of nitrogens with zero attached hydrogens (tertiary/aromatic N) is 1. The summed E-state index contributed by atoms with van der Waals surface area (Å²) < 4.78 is 28.0. The van der Waals surface area contributed by atoms with E-state index in [4.69, 9.17) is 37.0 Å². The molecule has 0 amide bonds. The summed E-state index contributed by atoms with van der Waals surface area (Å²) in [5.74, 6) is -0.238. The zero-order valence-electron chi connectivity index (χ0n) is 14.6. The molecule has 2 aromatic carbocycles. The molecule has 146 valence electrons. The molecule has 1 unspecified atom stereocenters. The first-order valence-corrected chi connectivity index (χ1v) is 9.96. The van der Waals surface area contributed by atoms with E-state index in [1.54, 1.807) is 12.1 Å². The van der Waals surface area contributed by atoms with E-state index in [1.165, 1.54) is 45.4 Å². The molecule has 0 heterocycles. The van der Waals surface area contributed by atoms with Crippen molar-refractivity contribution in [2.75, 3.05) is 19.5 Å². The van der Waals surface area contributed by atoms with Crippen LogP contribution in [0.3, 0.4) is 0 Å². The van der Waals surface area contributed by atoms with Crippen LogP contribution in [-0.2, 0) is 13.6 Å². The van der Waals surface area contributed by atoms with Crippen LogP contribution in [0.15, 0.2) is 36.4 Å². The lowest BCUT2D eigenvalue weighted by atomic mass is 10.2. The van der Waals surface area contributed by atoms with Crippen LogP contribution in [0.2, 0.25) is 10.0 Å². The van der Waals surface area contributed by atoms with Gasteiger partial charge in [-0.25, -0.2) is 0 Å². The number of nitro benzene ring substituents is 1. The maximum Gasteiger partial charge on any atom is 0.351 e. The van der Waals surface area contributed by atoms with E-state index in [0.29, 0.717) is 10.8 Å². The second-order valence-electron chi connectivity index (χ2n) is 5.34. The van der Waals surface area contributed by atoms with Gasteiger partial charge in [-0.05, 0) is 31.2 Å². The Morgan fingerprint density at radius 2 is 1.81 bits per heavy atom. The zero-order valence-corrected chi connectivity index (χ0v) is 17.0. The highest BCUT2D eigenvalue weighted by molar-refractivity contribution is 7.54. The third-order valence-corrected chi connectivity index (χ3v) is 6.26. The smallest absolute Gasteiger partial charge is 0.351 e. The predicted octanol–water partition coefficient (Wildman–Crippen LogP) is 5.94. The average molecular weight is 435 g/mol. The van der Waals surface area contributed by atoms with Gasteiger partial charge in [0.2, 0.25) is 0 Å². The fourth-order valence-electron chi connectivity index (χ4n) is 2.23. The molecule has 11 heteroatoms. The number of halogens is 2. The molecule has 0 aliphatic carbocycles. The van der Waals surface area contributed by atoms with Gasteiger partial charge in [0.25, 0.3) is 5.69 Å². The van der Waals surface area contributed by atoms with Crippen molar-refractivity contribution >= 4 is 42.2 Å². The molecule has 0 aliphatic heterocycles. The second kappa shape index (κ2) is 8.91. The minimum Gasteiger partial charge on any atom is -0.456 e. The molecule has 0 radical (unpaired) electrons. The molecule has 0 saturated heterocycles. The number of benzene rings is 2. The Balaban J connectivity index is 2.36. The van der Waals surface area contributed by atoms with Gasteiger partial charge in [0, 0.05) is 31.4 Å². The summed E-state index contributed by atoms with van der Waals surface area (Å²) in [4.78, 5) is 10.7. The number of rotatable bonds is 8. The Bertz CT molecular complexity index is 887. The summed E-state index contributed by atoms with van der Waals surface area (Å²) in [7, 11) is -1.02. The fourth-order valence-corrected chi connectivity index (χ4v) is 3.76. The molecule has 0 saturated carbocycles. The Labute approximate surface area is 166 Å². The van der Waals surface area contributed by atoms with Gasteiger partial charge in [-0.3, -0.25) is 14.7 Å². The van der Waals surface area contributed by atoms with Crippen molar-refractivity contribution < 1.29 is 23.3 Å². The van der Waals surface area contributed by atoms with Crippen molar-refractivity contribution in [3.8, 4) is 11.5 Å². The van der Waals surface area contributed by atoms with Gasteiger partial charge in [-0.15, -0.1) is 0 Å². The zero-order chi connectivity index (χ0) is 20.2. The average Bonchev–Trinajstić information content (AvgIpc) is 2.63. The third-order valence-electron chi connectivity index (χ3n) is 3.63. The Morgan fingerprint density at radius 1 is 1.15 bits per heavy atom. The third kappa shape index (κ3) is 5.12. The van der Waals surface area contributed by atoms with Gasteiger partial charge in [0.05, 0.1) is 9.95 Å². The molecule has 2 rings (SSSR count). The normalized spacial score (nSPS) is 12.5. The molecular weight excluding hydrogens is 418 g/mol. The molecule has 0 aliphatic rings. The van der Waals surface area contributed by atoms with E-state index in [2.05, 4.69) is 5.32 Å². The summed E-state index contributed by atoms with van der Waals surface area (Å²) in [5.41, 5.74) is -0.139. The molecule has 27 heavy (non-hydrogen) atoms. The minimum atomic E-state index is -3.49. The number of ether oxygens (including phenoxy) is 1. The van der Waals surface area contributed by atoms with Crippen LogP contribution in [0, 0.1) is 10.1 Å². The van der Waals surface area contributed by atoms with Gasteiger partial charge in [0.1, 0.15) is 23.0 Å². The summed E-state index contributed by atoms with van der Waals surface area (Å²) in [6.07, 6.45) is 0. The van der Waals surface area contributed by atoms with Gasteiger partial charge >= 0.3 is 7.60 Å². The van der Waals surface area contributed by atoms with Crippen LogP contribution in [-0.4, -0.2) is 24.9 Å². The van der Waals surface area contributed by atoms with E-state index in [0.717, 1.165) is 0 Å². The van der Waals surface area contributed by atoms with Gasteiger partial charge < -0.3 is 19.1 Å². The SMILES string of the molecule is COP(=O)(OC)C(C)Nc1cc(Oc2ccc(Cl)cc2Cl)ccc1[N+](=O)[O-]. The number of nitrogens with one attached hydrogen (secondary N) is 1. The molecular formula is C16H17Cl2N2O6P. The van der Waals surface area contributed by atoms with E-state index in [-0.39, 0.29) is 22.1 Å². The first kappa shape index (κ1) is 21.5. The first-order chi connectivity index (χ1) is 12.7. The molecule has 0 bridgehead atoms. The van der Waals surface area contributed by atoms with Crippen LogP contribution in [0.4, 0.5) is 11.4 Å². The van der Waals surface area contributed by atoms with Crippen LogP contribution < -0.4 is 10.1 Å². The van der Waals surface area contributed by atoms with Crippen molar-refractivity contribution in [3.63, 3.8) is 0 Å². The fraction of sp³-hybridized carbons (Fsp3) is 0.250. The molecule has 1 atom stereocenters. The Kier molecular flexibility index (Phi) is 7.08. The summed E-state index contributed by atoms with van der Waals surface area (Å²) >= 11 is 11.9. The predicted molar refractivity (Wildman–Crippen MR) is 104 cm³/mol. The lowest BCUT2D eigenvalue weighted by Crippen LogP contribution is -2.18. The highest BCUT2D eigenvalue weighted by Crippen LogP contribution is 2.52. The monoisotopic (exact) mass is 434 g/mol. The van der Waals surface area contributed by atoms with Crippen LogP contribution in [0.25, 0.3) is 0 Å². The number of hydrogen-bond acceptors (Lipinski definition) is 7. The number of hydrogen-bond donors (Lipinski definition) is 1. The van der Waals surface area contributed by atoms with Crippen molar-refractivity contribution in [1.29, 1.82) is 0 Å². The van der Waals surface area contributed by atoms with E-state index in [1.807, 2.05) is 0 Å². The quantitative estimate of drug-likeness (QED) is 0.311. The summed E-state index contributed by atoms with van der Waals surface area (Å²) in [5, 5.41) is 14.8. The molecule has 0 spiro atoms. The van der Waals surface area contributed by atoms with Crippen LogP contribution in [0.5, 0.6) is 11.5 Å². The van der Waals surface area contributed by atoms with Gasteiger partial charge in [0.15, 0.2) is 0 Å². The van der Waals surface area contributed by atoms with Crippen LogP contribution in [0.1, 0.15) is 6.92 Å².